The van der Waals surface area contributed by atoms with Gasteiger partial charge in [-0.2, -0.15) is 0 Å². The average Bonchev–Trinajstić information content (AvgIpc) is 3.01. The highest BCUT2D eigenvalue weighted by Gasteiger charge is 2.27. The van der Waals surface area contributed by atoms with Crippen LogP contribution >= 0.6 is 0 Å². The number of anilines is 2. The largest absolute Gasteiger partial charge is 0.465 e. The molecule has 0 spiro atoms. The number of methoxy groups -OCH3 is 4. The molecule has 0 radical (unpaired) electrons. The van der Waals surface area contributed by atoms with E-state index in [4.69, 9.17) is 0 Å². The number of carbonyl (C=O) groups is 4. The van der Waals surface area contributed by atoms with E-state index in [2.05, 4.69) is 18.9 Å². The Kier molecular flexibility index (Phi) is 10.1. The van der Waals surface area contributed by atoms with Crippen molar-refractivity contribution in [2.45, 2.75) is 9.79 Å². The van der Waals surface area contributed by atoms with Crippen molar-refractivity contribution < 1.29 is 59.9 Å². The van der Waals surface area contributed by atoms with Crippen LogP contribution in [-0.4, -0.2) is 74.1 Å². The molecule has 0 saturated carbocycles. The molecule has 0 amide bonds. The van der Waals surface area contributed by atoms with Gasteiger partial charge in [-0.1, -0.05) is 0 Å². The number of hydrogen-bond acceptors (Lipinski definition) is 14. The highest BCUT2D eigenvalue weighted by atomic mass is 32.2. The zero-order valence-electron chi connectivity index (χ0n) is 23.7. The van der Waals surface area contributed by atoms with Crippen LogP contribution in [-0.2, 0) is 39.0 Å². The van der Waals surface area contributed by atoms with Crippen LogP contribution in [0.2, 0.25) is 0 Å². The number of sulfonamides is 2. The van der Waals surface area contributed by atoms with E-state index in [1.807, 2.05) is 9.44 Å². The van der Waals surface area contributed by atoms with E-state index in [1.165, 1.54) is 0 Å². The molecule has 19 heteroatoms. The highest BCUT2D eigenvalue weighted by molar-refractivity contribution is 7.93. The number of rotatable bonds is 11. The van der Waals surface area contributed by atoms with Crippen molar-refractivity contribution in [1.29, 1.82) is 0 Å². The first-order valence-corrected chi connectivity index (χ1v) is 15.0. The van der Waals surface area contributed by atoms with Gasteiger partial charge in [0.2, 0.25) is 0 Å². The van der Waals surface area contributed by atoms with Gasteiger partial charge in [-0.3, -0.25) is 19.6 Å². The van der Waals surface area contributed by atoms with Crippen molar-refractivity contribution in [3.63, 3.8) is 0 Å². The molecule has 17 nitrogen and oxygen atoms in total. The lowest BCUT2D eigenvalue weighted by Gasteiger charge is -2.14. The molecule has 0 bridgehead atoms. The first-order chi connectivity index (χ1) is 21.0. The number of nitro benzene ring substituents is 1. The first kappa shape index (κ1) is 33.9. The Hall–Kier alpha value is -5.56. The standard InChI is InChI=1S/C26H23N3O14S2/c1-40-23(30)14-5-15(24(31)41-2)8-18(7-14)27-44(36,37)21-11-20(29(34)35)12-22(13-21)45(38,39)28-19-9-16(25(32)42-3)6-17(10-19)26(33)43-4/h5-13,27-28H,1-4H3. The Labute approximate surface area is 255 Å². The lowest BCUT2D eigenvalue weighted by molar-refractivity contribution is -0.385. The molecule has 0 heterocycles. The number of non-ortho nitro benzene ring substituents is 1. The summed E-state index contributed by atoms with van der Waals surface area (Å²) in [5.74, 6) is -3.77. The predicted octanol–water partition coefficient (Wildman–Crippen LogP) is 2.34. The first-order valence-electron chi connectivity index (χ1n) is 12.0. The lowest BCUT2D eigenvalue weighted by atomic mass is 10.1. The summed E-state index contributed by atoms with van der Waals surface area (Å²) < 4.78 is 75.8. The zero-order valence-corrected chi connectivity index (χ0v) is 25.3. The number of carbonyl (C=O) groups excluding carboxylic acids is 4. The molecule has 0 fully saturated rings. The SMILES string of the molecule is COC(=O)c1cc(NS(=O)(=O)c2cc([N+](=O)[O-])cc(S(=O)(=O)Nc3cc(C(=O)OC)cc(C(=O)OC)c3)c2)cc(C(=O)OC)c1. The number of nitrogens with zero attached hydrogens (tertiary/aromatic N) is 1. The number of ether oxygens (including phenoxy) is 4. The van der Waals surface area contributed by atoms with Crippen molar-refractivity contribution in [2.75, 3.05) is 37.9 Å². The Bertz CT molecular complexity index is 1740. The summed E-state index contributed by atoms with van der Waals surface area (Å²) >= 11 is 0. The van der Waals surface area contributed by atoms with E-state index < -0.39 is 64.3 Å². The van der Waals surface area contributed by atoms with Crippen LogP contribution in [0.4, 0.5) is 17.1 Å². The summed E-state index contributed by atoms with van der Waals surface area (Å²) in [5.41, 5.74) is -2.73. The summed E-state index contributed by atoms with van der Waals surface area (Å²) in [6, 6.07) is 7.87. The second-order valence-electron chi connectivity index (χ2n) is 8.70. The summed E-state index contributed by atoms with van der Waals surface area (Å²) in [6.45, 7) is 0. The van der Waals surface area contributed by atoms with Crippen molar-refractivity contribution in [3.05, 3.63) is 87.0 Å². The van der Waals surface area contributed by atoms with Crippen LogP contribution in [0.3, 0.4) is 0 Å². The molecule has 0 aliphatic heterocycles. The van der Waals surface area contributed by atoms with Gasteiger partial charge in [0.1, 0.15) is 0 Å². The molecule has 0 saturated heterocycles. The van der Waals surface area contributed by atoms with Crippen LogP contribution in [0, 0.1) is 10.1 Å². The molecule has 0 aromatic heterocycles. The Balaban J connectivity index is 2.12. The fraction of sp³-hybridized carbons (Fsp3) is 0.154. The smallest absolute Gasteiger partial charge is 0.337 e. The van der Waals surface area contributed by atoms with Gasteiger partial charge in [0.05, 0.1) is 76.8 Å². The Morgan fingerprint density at radius 2 is 0.844 bits per heavy atom. The molecule has 45 heavy (non-hydrogen) atoms. The van der Waals surface area contributed by atoms with Gasteiger partial charge < -0.3 is 18.9 Å². The van der Waals surface area contributed by atoms with Crippen molar-refractivity contribution in [2.24, 2.45) is 0 Å². The molecule has 238 valence electrons. The topological polar surface area (TPSA) is 241 Å². The second-order valence-corrected chi connectivity index (χ2v) is 12.1. The van der Waals surface area contributed by atoms with Gasteiger partial charge in [-0.15, -0.1) is 0 Å². The normalized spacial score (nSPS) is 11.1. The minimum atomic E-state index is -4.84. The predicted molar refractivity (Wildman–Crippen MR) is 153 cm³/mol. The van der Waals surface area contributed by atoms with Crippen molar-refractivity contribution in [3.8, 4) is 0 Å². The van der Waals surface area contributed by atoms with Crippen LogP contribution < -0.4 is 9.44 Å². The monoisotopic (exact) mass is 665 g/mol. The average molecular weight is 666 g/mol. The summed E-state index contributed by atoms with van der Waals surface area (Å²) in [4.78, 5) is 57.2. The van der Waals surface area contributed by atoms with Gasteiger partial charge in [0, 0.05) is 12.1 Å². The van der Waals surface area contributed by atoms with Crippen LogP contribution in [0.25, 0.3) is 0 Å². The minimum absolute atomic E-state index is 0.259. The number of esters is 4. The van der Waals surface area contributed by atoms with E-state index in [0.717, 1.165) is 64.8 Å². The van der Waals surface area contributed by atoms with E-state index in [1.54, 1.807) is 0 Å². The quantitative estimate of drug-likeness (QED) is 0.129. The second kappa shape index (κ2) is 13.4. The summed E-state index contributed by atoms with van der Waals surface area (Å²) in [5, 5.41) is 11.7. The van der Waals surface area contributed by atoms with E-state index in [9.17, 15) is 46.1 Å². The zero-order chi connectivity index (χ0) is 33.7. The lowest BCUT2D eigenvalue weighted by Crippen LogP contribution is -2.18. The Morgan fingerprint density at radius 1 is 0.556 bits per heavy atom. The molecule has 0 atom stereocenters. The van der Waals surface area contributed by atoms with Crippen LogP contribution in [0.15, 0.2) is 64.4 Å². The Morgan fingerprint density at radius 3 is 1.09 bits per heavy atom. The number of benzene rings is 3. The highest BCUT2D eigenvalue weighted by Crippen LogP contribution is 2.28. The number of hydrogen-bond donors (Lipinski definition) is 2. The molecule has 3 aromatic rings. The number of nitro groups is 1. The molecule has 0 aliphatic rings. The van der Waals surface area contributed by atoms with Crippen molar-refractivity contribution >= 4 is 61.0 Å². The van der Waals surface area contributed by atoms with Crippen LogP contribution in [0.5, 0.6) is 0 Å². The molecule has 0 aliphatic carbocycles. The van der Waals surface area contributed by atoms with Gasteiger partial charge in [-0.05, 0) is 42.5 Å². The fourth-order valence-electron chi connectivity index (χ4n) is 3.72. The third-order valence-corrected chi connectivity index (χ3v) is 8.47. The third kappa shape index (κ3) is 7.89. The van der Waals surface area contributed by atoms with Crippen LogP contribution in [0.1, 0.15) is 41.4 Å². The molecule has 2 N–H and O–H groups in total. The van der Waals surface area contributed by atoms with E-state index >= 15 is 0 Å². The maximum absolute atomic E-state index is 13.3. The molecule has 0 unspecified atom stereocenters. The molecule has 3 rings (SSSR count). The van der Waals surface area contributed by atoms with Gasteiger partial charge in [0.15, 0.2) is 0 Å². The maximum Gasteiger partial charge on any atom is 0.337 e. The van der Waals surface area contributed by atoms with E-state index in [-0.39, 0.29) is 33.6 Å². The molecular formula is C26H23N3O14S2. The summed E-state index contributed by atoms with van der Waals surface area (Å²) in [6.07, 6.45) is 0. The third-order valence-electron chi connectivity index (χ3n) is 5.75. The van der Waals surface area contributed by atoms with Gasteiger partial charge in [0.25, 0.3) is 25.7 Å². The molecule has 3 aromatic carbocycles. The van der Waals surface area contributed by atoms with Gasteiger partial charge >= 0.3 is 23.9 Å². The van der Waals surface area contributed by atoms with E-state index in [0.29, 0.717) is 18.2 Å². The summed E-state index contributed by atoms with van der Waals surface area (Å²) in [7, 11) is -5.52. The maximum atomic E-state index is 13.3. The minimum Gasteiger partial charge on any atom is -0.465 e. The van der Waals surface area contributed by atoms with Crippen molar-refractivity contribution in [1.82, 2.24) is 0 Å². The number of nitrogens with one attached hydrogen (secondary N) is 2. The fourth-order valence-corrected chi connectivity index (χ4v) is 6.00. The van der Waals surface area contributed by atoms with Gasteiger partial charge in [-0.25, -0.2) is 36.0 Å². The molecular weight excluding hydrogens is 642 g/mol.